The Morgan fingerprint density at radius 2 is 2.33 bits per heavy atom. The predicted octanol–water partition coefficient (Wildman–Crippen LogP) is 2.35. The van der Waals surface area contributed by atoms with E-state index in [0.29, 0.717) is 12.3 Å². The van der Waals surface area contributed by atoms with E-state index in [1.807, 2.05) is 30.0 Å². The molecule has 0 saturated carbocycles. The Morgan fingerprint density at radius 1 is 1.56 bits per heavy atom. The molecule has 1 fully saturated rings. The molecule has 0 aromatic heterocycles. The molecule has 0 atom stereocenters. The Bertz CT molecular complexity index is 499. The monoisotopic (exact) mass is 265 g/mol. The van der Waals surface area contributed by atoms with Crippen LogP contribution in [0.1, 0.15) is 18.4 Å². The second-order valence-electron chi connectivity index (χ2n) is 4.36. The lowest BCUT2D eigenvalue weighted by Crippen LogP contribution is -2.24. The molecule has 1 amide bonds. The number of amides is 1. The molecule has 0 bridgehead atoms. The van der Waals surface area contributed by atoms with E-state index in [2.05, 4.69) is 4.99 Å². The number of hydrogen-bond acceptors (Lipinski definition) is 2. The van der Waals surface area contributed by atoms with E-state index in [1.165, 1.54) is 0 Å². The van der Waals surface area contributed by atoms with Crippen molar-refractivity contribution in [2.24, 2.45) is 10.7 Å². The van der Waals surface area contributed by atoms with Gasteiger partial charge < -0.3 is 10.6 Å². The van der Waals surface area contributed by atoms with Crippen molar-refractivity contribution in [2.45, 2.75) is 19.8 Å². The number of aliphatic imine (C=N–C) groups is 1. The van der Waals surface area contributed by atoms with Crippen LogP contribution in [0.5, 0.6) is 0 Å². The van der Waals surface area contributed by atoms with Crippen LogP contribution in [0.3, 0.4) is 0 Å². The van der Waals surface area contributed by atoms with Crippen LogP contribution in [0.4, 0.5) is 11.4 Å². The van der Waals surface area contributed by atoms with Gasteiger partial charge in [0.1, 0.15) is 5.84 Å². The second-order valence-corrected chi connectivity index (χ2v) is 4.62. The topological polar surface area (TPSA) is 58.7 Å². The van der Waals surface area contributed by atoms with Crippen molar-refractivity contribution >= 4 is 34.7 Å². The normalized spacial score (nSPS) is 16.4. The minimum atomic E-state index is 0.171. The van der Waals surface area contributed by atoms with E-state index in [9.17, 15) is 4.79 Å². The van der Waals surface area contributed by atoms with E-state index in [0.717, 1.165) is 29.9 Å². The van der Waals surface area contributed by atoms with Crippen LogP contribution in [0.15, 0.2) is 23.2 Å². The molecule has 1 saturated heterocycles. The quantitative estimate of drug-likeness (QED) is 0.518. The summed E-state index contributed by atoms with van der Waals surface area (Å²) in [5, 5.41) is 0. The van der Waals surface area contributed by atoms with Crippen molar-refractivity contribution in [3.8, 4) is 0 Å². The molecule has 0 radical (unpaired) electrons. The molecule has 1 aliphatic heterocycles. The molecular formula is C13H16ClN3O. The van der Waals surface area contributed by atoms with Crippen LogP contribution in [0.25, 0.3) is 0 Å². The number of rotatable bonds is 3. The number of nitrogens with two attached hydrogens (primary N) is 1. The van der Waals surface area contributed by atoms with E-state index < -0.39 is 0 Å². The fourth-order valence-electron chi connectivity index (χ4n) is 2.06. The zero-order chi connectivity index (χ0) is 13.1. The number of hydrogen-bond donors (Lipinski definition) is 1. The first kappa shape index (κ1) is 12.9. The molecule has 2 N–H and O–H groups in total. The predicted molar refractivity (Wildman–Crippen MR) is 74.8 cm³/mol. The van der Waals surface area contributed by atoms with Crippen molar-refractivity contribution in [1.29, 1.82) is 0 Å². The van der Waals surface area contributed by atoms with Crippen molar-refractivity contribution in [3.63, 3.8) is 0 Å². The van der Waals surface area contributed by atoms with Crippen LogP contribution in [-0.4, -0.2) is 24.2 Å². The molecule has 0 unspecified atom stereocenters. The molecule has 2 rings (SSSR count). The molecule has 1 heterocycles. The number of halogens is 1. The average molecular weight is 266 g/mol. The van der Waals surface area contributed by atoms with Gasteiger partial charge in [0.15, 0.2) is 0 Å². The minimum absolute atomic E-state index is 0.171. The van der Waals surface area contributed by atoms with E-state index in [4.69, 9.17) is 17.3 Å². The number of anilines is 1. The summed E-state index contributed by atoms with van der Waals surface area (Å²) in [7, 11) is 0. The molecule has 0 aliphatic carbocycles. The van der Waals surface area contributed by atoms with Crippen LogP contribution in [-0.2, 0) is 4.79 Å². The van der Waals surface area contributed by atoms with Gasteiger partial charge in [-0.25, -0.2) is 4.99 Å². The molecule has 0 spiro atoms. The summed E-state index contributed by atoms with van der Waals surface area (Å²) < 4.78 is 0. The summed E-state index contributed by atoms with van der Waals surface area (Å²) in [6.45, 7) is 2.76. The van der Waals surface area contributed by atoms with Crippen LogP contribution in [0, 0.1) is 6.92 Å². The number of alkyl halides is 1. The zero-order valence-electron chi connectivity index (χ0n) is 10.3. The highest BCUT2D eigenvalue weighted by Crippen LogP contribution is 2.29. The third kappa shape index (κ3) is 2.64. The summed E-state index contributed by atoms with van der Waals surface area (Å²) in [4.78, 5) is 17.8. The zero-order valence-corrected chi connectivity index (χ0v) is 11.1. The van der Waals surface area contributed by atoms with Gasteiger partial charge in [-0.2, -0.15) is 0 Å². The Kier molecular flexibility index (Phi) is 3.87. The van der Waals surface area contributed by atoms with Crippen molar-refractivity contribution < 1.29 is 4.79 Å². The standard InChI is InChI=1S/C13H16ClN3O/c1-9-4-5-10(16-12(15)8-14)7-11(9)17-6-2-3-13(17)18/h4-5,7H,2-3,6,8H2,1H3,(H2,15,16). The van der Waals surface area contributed by atoms with Gasteiger partial charge in [-0.05, 0) is 31.0 Å². The van der Waals surface area contributed by atoms with Crippen LogP contribution in [0.2, 0.25) is 0 Å². The minimum Gasteiger partial charge on any atom is -0.386 e. The first-order valence-electron chi connectivity index (χ1n) is 5.92. The molecular weight excluding hydrogens is 250 g/mol. The van der Waals surface area contributed by atoms with Gasteiger partial charge in [-0.15, -0.1) is 11.6 Å². The van der Waals surface area contributed by atoms with Crippen molar-refractivity contribution in [1.82, 2.24) is 0 Å². The summed E-state index contributed by atoms with van der Waals surface area (Å²) in [6, 6.07) is 5.71. The Balaban J connectivity index is 2.35. The van der Waals surface area contributed by atoms with Gasteiger partial charge in [-0.3, -0.25) is 4.79 Å². The maximum Gasteiger partial charge on any atom is 0.227 e. The number of amidine groups is 1. The SMILES string of the molecule is Cc1ccc(N=C(N)CCl)cc1N1CCCC1=O. The molecule has 96 valence electrons. The number of aryl methyl sites for hydroxylation is 1. The maximum atomic E-state index is 11.8. The molecule has 1 aromatic rings. The van der Waals surface area contributed by atoms with Crippen molar-refractivity contribution in [3.05, 3.63) is 23.8 Å². The third-order valence-corrected chi connectivity index (χ3v) is 3.24. The Hall–Kier alpha value is -1.55. The number of carbonyl (C=O) groups excluding carboxylic acids is 1. The number of benzene rings is 1. The highest BCUT2D eigenvalue weighted by atomic mass is 35.5. The highest BCUT2D eigenvalue weighted by Gasteiger charge is 2.23. The largest absolute Gasteiger partial charge is 0.386 e. The van der Waals surface area contributed by atoms with Crippen molar-refractivity contribution in [2.75, 3.05) is 17.3 Å². The molecule has 5 heteroatoms. The Morgan fingerprint density at radius 3 is 2.94 bits per heavy atom. The van der Waals surface area contributed by atoms with E-state index in [1.54, 1.807) is 0 Å². The smallest absolute Gasteiger partial charge is 0.227 e. The summed E-state index contributed by atoms with van der Waals surface area (Å²) in [6.07, 6.45) is 1.53. The fourth-order valence-corrected chi connectivity index (χ4v) is 2.12. The summed E-state index contributed by atoms with van der Waals surface area (Å²) >= 11 is 5.60. The molecule has 4 nitrogen and oxygen atoms in total. The fraction of sp³-hybridized carbons (Fsp3) is 0.385. The maximum absolute atomic E-state index is 11.8. The van der Waals surface area contributed by atoms with Gasteiger partial charge in [-0.1, -0.05) is 6.07 Å². The molecule has 18 heavy (non-hydrogen) atoms. The highest BCUT2D eigenvalue weighted by molar-refractivity contribution is 6.28. The van der Waals surface area contributed by atoms with Gasteiger partial charge in [0.2, 0.25) is 5.91 Å². The Labute approximate surface area is 111 Å². The van der Waals surface area contributed by atoms with Crippen LogP contribution >= 0.6 is 11.6 Å². The lowest BCUT2D eigenvalue weighted by Gasteiger charge is -2.18. The molecule has 1 aliphatic rings. The number of carbonyl (C=O) groups is 1. The first-order valence-corrected chi connectivity index (χ1v) is 6.45. The summed E-state index contributed by atoms with van der Waals surface area (Å²) in [5.41, 5.74) is 8.32. The van der Waals surface area contributed by atoms with E-state index >= 15 is 0 Å². The lowest BCUT2D eigenvalue weighted by molar-refractivity contribution is -0.117. The first-order chi connectivity index (χ1) is 8.61. The van der Waals surface area contributed by atoms with Gasteiger partial charge in [0.05, 0.1) is 11.6 Å². The number of nitrogens with zero attached hydrogens (tertiary/aromatic N) is 2. The lowest BCUT2D eigenvalue weighted by atomic mass is 10.1. The third-order valence-electron chi connectivity index (χ3n) is 2.97. The van der Waals surface area contributed by atoms with E-state index in [-0.39, 0.29) is 11.8 Å². The van der Waals surface area contributed by atoms with Gasteiger partial charge in [0, 0.05) is 18.7 Å². The van der Waals surface area contributed by atoms with Gasteiger partial charge >= 0.3 is 0 Å². The molecule has 1 aromatic carbocycles. The summed E-state index contributed by atoms with van der Waals surface area (Å²) in [5.74, 6) is 0.745. The van der Waals surface area contributed by atoms with Crippen LogP contribution < -0.4 is 10.6 Å². The average Bonchev–Trinajstić information content (AvgIpc) is 2.77. The van der Waals surface area contributed by atoms with Gasteiger partial charge in [0.25, 0.3) is 0 Å². The second kappa shape index (κ2) is 5.40.